The fourth-order valence-electron chi connectivity index (χ4n) is 3.35. The smallest absolute Gasteiger partial charge is 0.240 e. The summed E-state index contributed by atoms with van der Waals surface area (Å²) in [5, 5.41) is 3.65. The Bertz CT molecular complexity index is 729. The SMILES string of the molecule is Cc1cccc(N(CC(=O)NCCCSC2CCCCC2)S(C)(=O)=O)c1C. The molecule has 5 nitrogen and oxygen atoms in total. The number of aryl methyl sites for hydroxylation is 1. The molecule has 0 atom stereocenters. The number of hydrogen-bond donors (Lipinski definition) is 1. The Morgan fingerprint density at radius 1 is 1.22 bits per heavy atom. The number of nitrogens with zero attached hydrogens (tertiary/aromatic N) is 1. The Morgan fingerprint density at radius 3 is 2.59 bits per heavy atom. The van der Waals surface area contributed by atoms with Gasteiger partial charge in [0.25, 0.3) is 0 Å². The molecular weight excluding hydrogens is 380 g/mol. The average Bonchev–Trinajstić information content (AvgIpc) is 2.62. The van der Waals surface area contributed by atoms with E-state index in [0.717, 1.165) is 34.8 Å². The second kappa shape index (κ2) is 10.4. The van der Waals surface area contributed by atoms with Gasteiger partial charge in [-0.3, -0.25) is 9.10 Å². The minimum atomic E-state index is -3.53. The first-order chi connectivity index (χ1) is 12.8. The van der Waals surface area contributed by atoms with E-state index in [2.05, 4.69) is 5.32 Å². The third kappa shape index (κ3) is 7.03. The highest BCUT2D eigenvalue weighted by atomic mass is 32.2. The van der Waals surface area contributed by atoms with Crippen molar-refractivity contribution in [3.05, 3.63) is 29.3 Å². The molecule has 1 fully saturated rings. The number of benzene rings is 1. The number of carbonyl (C=O) groups excluding carboxylic acids is 1. The first-order valence-electron chi connectivity index (χ1n) is 9.71. The van der Waals surface area contributed by atoms with Crippen LogP contribution in [0.25, 0.3) is 0 Å². The monoisotopic (exact) mass is 412 g/mol. The van der Waals surface area contributed by atoms with Gasteiger partial charge in [-0.05, 0) is 56.1 Å². The number of thioether (sulfide) groups is 1. The van der Waals surface area contributed by atoms with Crippen LogP contribution in [0.3, 0.4) is 0 Å². The third-order valence-corrected chi connectivity index (χ3v) is 7.67. The van der Waals surface area contributed by atoms with E-state index < -0.39 is 10.0 Å². The molecule has 0 aliphatic heterocycles. The quantitative estimate of drug-likeness (QED) is 0.629. The second-order valence-electron chi connectivity index (χ2n) is 7.32. The van der Waals surface area contributed by atoms with Gasteiger partial charge in [-0.2, -0.15) is 11.8 Å². The number of amides is 1. The highest BCUT2D eigenvalue weighted by molar-refractivity contribution is 7.99. The van der Waals surface area contributed by atoms with Crippen LogP contribution >= 0.6 is 11.8 Å². The highest BCUT2D eigenvalue weighted by Gasteiger charge is 2.22. The molecule has 0 saturated heterocycles. The standard InChI is InChI=1S/C20H32N2O3S2/c1-16-9-7-12-19(17(16)2)22(27(3,24)25)15-20(23)21-13-8-14-26-18-10-5-4-6-11-18/h7,9,12,18H,4-6,8,10-11,13-15H2,1-3H3,(H,21,23). The van der Waals surface area contributed by atoms with Crippen molar-refractivity contribution in [2.45, 2.75) is 57.6 Å². The van der Waals surface area contributed by atoms with E-state index in [0.29, 0.717) is 12.2 Å². The summed E-state index contributed by atoms with van der Waals surface area (Å²) < 4.78 is 25.6. The van der Waals surface area contributed by atoms with Gasteiger partial charge in [0.15, 0.2) is 0 Å². The first kappa shape index (κ1) is 22.1. The summed E-state index contributed by atoms with van der Waals surface area (Å²) in [7, 11) is -3.53. The van der Waals surface area contributed by atoms with E-state index in [-0.39, 0.29) is 12.5 Å². The molecular formula is C20H32N2O3S2. The number of hydrogen-bond acceptors (Lipinski definition) is 4. The topological polar surface area (TPSA) is 66.5 Å². The number of sulfonamides is 1. The lowest BCUT2D eigenvalue weighted by Crippen LogP contribution is -2.41. The van der Waals surface area contributed by atoms with Crippen molar-refractivity contribution in [2.24, 2.45) is 0 Å². The van der Waals surface area contributed by atoms with E-state index in [1.165, 1.54) is 36.4 Å². The summed E-state index contributed by atoms with van der Waals surface area (Å²) in [6.07, 6.45) is 8.73. The van der Waals surface area contributed by atoms with E-state index >= 15 is 0 Å². The van der Waals surface area contributed by atoms with Crippen molar-refractivity contribution in [3.63, 3.8) is 0 Å². The summed E-state index contributed by atoms with van der Waals surface area (Å²) in [5.74, 6) is 0.779. The van der Waals surface area contributed by atoms with Crippen molar-refractivity contribution < 1.29 is 13.2 Å². The van der Waals surface area contributed by atoms with E-state index in [4.69, 9.17) is 0 Å². The van der Waals surface area contributed by atoms with Crippen molar-refractivity contribution in [2.75, 3.05) is 29.4 Å². The van der Waals surface area contributed by atoms with Crippen LogP contribution in [0.5, 0.6) is 0 Å². The second-order valence-corrected chi connectivity index (χ2v) is 10.6. The minimum Gasteiger partial charge on any atom is -0.354 e. The molecule has 2 rings (SSSR count). The van der Waals surface area contributed by atoms with Crippen LogP contribution in [0.15, 0.2) is 18.2 Å². The summed E-state index contributed by atoms with van der Waals surface area (Å²) in [4.78, 5) is 12.3. The van der Waals surface area contributed by atoms with Crippen LogP contribution in [0.4, 0.5) is 5.69 Å². The molecule has 1 aliphatic carbocycles. The Morgan fingerprint density at radius 2 is 1.93 bits per heavy atom. The molecule has 152 valence electrons. The molecule has 1 amide bonds. The first-order valence-corrected chi connectivity index (χ1v) is 12.6. The normalized spacial score (nSPS) is 15.5. The molecule has 0 heterocycles. The lowest BCUT2D eigenvalue weighted by Gasteiger charge is -2.24. The van der Waals surface area contributed by atoms with Gasteiger partial charge in [0.1, 0.15) is 6.54 Å². The molecule has 1 saturated carbocycles. The summed E-state index contributed by atoms with van der Waals surface area (Å²) in [5.41, 5.74) is 2.45. The minimum absolute atomic E-state index is 0.182. The zero-order valence-corrected chi connectivity index (χ0v) is 18.3. The molecule has 7 heteroatoms. The molecule has 1 N–H and O–H groups in total. The number of anilines is 1. The molecule has 0 spiro atoms. The summed E-state index contributed by atoms with van der Waals surface area (Å²) in [6, 6.07) is 5.50. The van der Waals surface area contributed by atoms with Gasteiger partial charge < -0.3 is 5.32 Å². The number of rotatable bonds is 9. The fraction of sp³-hybridized carbons (Fsp3) is 0.650. The van der Waals surface area contributed by atoms with Gasteiger partial charge >= 0.3 is 0 Å². The molecule has 27 heavy (non-hydrogen) atoms. The molecule has 1 aromatic carbocycles. The maximum absolute atomic E-state index is 12.3. The lowest BCUT2D eigenvalue weighted by molar-refractivity contribution is -0.119. The van der Waals surface area contributed by atoms with Crippen molar-refractivity contribution >= 4 is 33.4 Å². The predicted molar refractivity (Wildman–Crippen MR) is 115 cm³/mol. The molecule has 1 aliphatic rings. The average molecular weight is 413 g/mol. The molecule has 0 aromatic heterocycles. The zero-order valence-electron chi connectivity index (χ0n) is 16.7. The lowest BCUT2D eigenvalue weighted by atomic mass is 10.0. The molecule has 0 bridgehead atoms. The van der Waals surface area contributed by atoms with E-state index in [1.807, 2.05) is 37.7 Å². The van der Waals surface area contributed by atoms with E-state index in [1.54, 1.807) is 6.07 Å². The number of carbonyl (C=O) groups is 1. The summed E-state index contributed by atoms with van der Waals surface area (Å²) in [6.45, 7) is 4.22. The zero-order chi connectivity index (χ0) is 19.9. The molecule has 0 radical (unpaired) electrons. The van der Waals surface area contributed by atoms with Gasteiger partial charge in [-0.25, -0.2) is 8.42 Å². The number of nitrogens with one attached hydrogen (secondary N) is 1. The van der Waals surface area contributed by atoms with Crippen molar-refractivity contribution in [3.8, 4) is 0 Å². The summed E-state index contributed by atoms with van der Waals surface area (Å²) >= 11 is 2.01. The fourth-order valence-corrected chi connectivity index (χ4v) is 5.57. The Labute approximate surface area is 168 Å². The van der Waals surface area contributed by atoms with Crippen molar-refractivity contribution in [1.82, 2.24) is 5.32 Å². The Kier molecular flexibility index (Phi) is 8.48. The van der Waals surface area contributed by atoms with E-state index in [9.17, 15) is 13.2 Å². The van der Waals surface area contributed by atoms with Crippen LogP contribution in [-0.4, -0.2) is 44.7 Å². The van der Waals surface area contributed by atoms with Gasteiger partial charge in [0.05, 0.1) is 11.9 Å². The van der Waals surface area contributed by atoms with Crippen LogP contribution < -0.4 is 9.62 Å². The van der Waals surface area contributed by atoms with Crippen LogP contribution in [-0.2, 0) is 14.8 Å². The Hall–Kier alpha value is -1.21. The van der Waals surface area contributed by atoms with Gasteiger partial charge in [-0.15, -0.1) is 0 Å². The third-order valence-electron chi connectivity index (χ3n) is 5.08. The van der Waals surface area contributed by atoms with Gasteiger partial charge in [0, 0.05) is 11.8 Å². The van der Waals surface area contributed by atoms with Crippen LogP contribution in [0.2, 0.25) is 0 Å². The Balaban J connectivity index is 1.83. The van der Waals surface area contributed by atoms with Crippen LogP contribution in [0, 0.1) is 13.8 Å². The molecule has 0 unspecified atom stereocenters. The van der Waals surface area contributed by atoms with Gasteiger partial charge in [0.2, 0.25) is 15.9 Å². The van der Waals surface area contributed by atoms with Crippen molar-refractivity contribution in [1.29, 1.82) is 0 Å². The predicted octanol–water partition coefficient (Wildman–Crippen LogP) is 3.64. The largest absolute Gasteiger partial charge is 0.354 e. The molecule has 1 aromatic rings. The maximum Gasteiger partial charge on any atom is 0.240 e. The highest BCUT2D eigenvalue weighted by Crippen LogP contribution is 2.28. The van der Waals surface area contributed by atoms with Gasteiger partial charge in [-0.1, -0.05) is 31.4 Å². The van der Waals surface area contributed by atoms with Crippen LogP contribution in [0.1, 0.15) is 49.7 Å². The maximum atomic E-state index is 12.3.